The molecule has 0 aliphatic carbocycles. The highest BCUT2D eigenvalue weighted by Crippen LogP contribution is 2.29. The summed E-state index contributed by atoms with van der Waals surface area (Å²) < 4.78 is 14.8. The highest BCUT2D eigenvalue weighted by Gasteiger charge is 2.43. The number of likely N-dealkylation sites (N-methyl/N-ethyl adjacent to an activating group) is 1. The van der Waals surface area contributed by atoms with E-state index in [0.29, 0.717) is 19.4 Å². The van der Waals surface area contributed by atoms with Gasteiger partial charge in [0.25, 0.3) is 5.91 Å². The van der Waals surface area contributed by atoms with Crippen LogP contribution in [0.3, 0.4) is 0 Å². The van der Waals surface area contributed by atoms with E-state index in [2.05, 4.69) is 10.4 Å². The van der Waals surface area contributed by atoms with Gasteiger partial charge in [-0.3, -0.25) is 9.48 Å². The topological polar surface area (TPSA) is 50.2 Å². The molecule has 0 radical (unpaired) electrons. The Morgan fingerprint density at radius 3 is 2.58 bits per heavy atom. The third kappa shape index (κ3) is 3.60. The molecule has 2 aromatic rings. The third-order valence-electron chi connectivity index (χ3n) is 4.45. The third-order valence-corrected chi connectivity index (χ3v) is 4.45. The van der Waals surface area contributed by atoms with Gasteiger partial charge in [0.1, 0.15) is 11.4 Å². The molecule has 7 heteroatoms. The minimum absolute atomic E-state index is 0. The Morgan fingerprint density at radius 1 is 1.33 bits per heavy atom. The first-order valence-electron chi connectivity index (χ1n) is 7.83. The second kappa shape index (κ2) is 7.77. The highest BCUT2D eigenvalue weighted by atomic mass is 35.5. The van der Waals surface area contributed by atoms with Crippen molar-refractivity contribution in [1.29, 1.82) is 0 Å². The van der Waals surface area contributed by atoms with Crippen LogP contribution in [0.1, 0.15) is 18.4 Å². The molecule has 0 saturated carbocycles. The van der Waals surface area contributed by atoms with Gasteiger partial charge < -0.3 is 10.2 Å². The molecule has 1 aliphatic heterocycles. The fourth-order valence-electron chi connectivity index (χ4n) is 3.19. The lowest BCUT2D eigenvalue weighted by molar-refractivity contribution is -0.142. The van der Waals surface area contributed by atoms with Crippen molar-refractivity contribution in [2.24, 2.45) is 0 Å². The number of nitrogens with zero attached hydrogens (tertiary/aromatic N) is 3. The fourth-order valence-corrected chi connectivity index (χ4v) is 3.19. The zero-order valence-corrected chi connectivity index (χ0v) is 14.4. The van der Waals surface area contributed by atoms with Crippen LogP contribution in [0.5, 0.6) is 0 Å². The lowest BCUT2D eigenvalue weighted by atomic mass is 9.86. The number of amides is 1. The Hall–Kier alpha value is -1.92. The number of piperidine rings is 1. The summed E-state index contributed by atoms with van der Waals surface area (Å²) in [6.07, 6.45) is 4.98. The van der Waals surface area contributed by atoms with Crippen molar-refractivity contribution in [2.45, 2.75) is 24.9 Å². The summed E-state index contributed by atoms with van der Waals surface area (Å²) in [6.45, 7) is 2.03. The Bertz CT molecular complexity index is 654. The lowest BCUT2D eigenvalue weighted by Crippen LogP contribution is -2.54. The van der Waals surface area contributed by atoms with Gasteiger partial charge >= 0.3 is 0 Å². The number of carbonyl (C=O) groups is 1. The van der Waals surface area contributed by atoms with Crippen molar-refractivity contribution < 1.29 is 9.18 Å². The molecule has 2 heterocycles. The minimum atomic E-state index is -0.635. The number of nitrogens with one attached hydrogen (secondary N) is 1. The predicted molar refractivity (Wildman–Crippen MR) is 92.4 cm³/mol. The molecule has 0 atom stereocenters. The van der Waals surface area contributed by atoms with E-state index >= 15 is 0 Å². The molecule has 1 saturated heterocycles. The summed E-state index contributed by atoms with van der Waals surface area (Å²) in [5.74, 6) is -0.221. The predicted octanol–water partition coefficient (Wildman–Crippen LogP) is 2.18. The van der Waals surface area contributed by atoms with Gasteiger partial charge in [0.2, 0.25) is 0 Å². The molecule has 1 aromatic heterocycles. The van der Waals surface area contributed by atoms with Gasteiger partial charge in [-0.05, 0) is 49.7 Å². The van der Waals surface area contributed by atoms with E-state index in [1.807, 2.05) is 12.3 Å². The molecule has 3 rings (SSSR count). The number of rotatable bonds is 4. The van der Waals surface area contributed by atoms with Crippen molar-refractivity contribution in [3.05, 3.63) is 54.1 Å². The Balaban J connectivity index is 0.00000208. The largest absolute Gasteiger partial charge is 0.339 e. The number of benzene rings is 1. The van der Waals surface area contributed by atoms with Crippen LogP contribution < -0.4 is 5.32 Å². The standard InChI is InChI=1S/C17H21FN4O.ClH/c1-21(13-14-3-5-15(18)6-4-14)16(23)17(7-10-19-11-8-17)22-12-2-9-20-22;/h2-6,9,12,19H,7-8,10-11,13H2,1H3;1H. The van der Waals surface area contributed by atoms with E-state index in [9.17, 15) is 9.18 Å². The molecule has 1 amide bonds. The molecule has 24 heavy (non-hydrogen) atoms. The van der Waals surface area contributed by atoms with Crippen molar-refractivity contribution in [1.82, 2.24) is 20.0 Å². The van der Waals surface area contributed by atoms with Crippen LogP contribution in [0, 0.1) is 5.82 Å². The van der Waals surface area contributed by atoms with Gasteiger partial charge in [-0.2, -0.15) is 5.10 Å². The maximum Gasteiger partial charge on any atom is 0.250 e. The number of carbonyl (C=O) groups excluding carboxylic acids is 1. The van der Waals surface area contributed by atoms with E-state index < -0.39 is 5.54 Å². The maximum absolute atomic E-state index is 13.2. The minimum Gasteiger partial charge on any atom is -0.339 e. The monoisotopic (exact) mass is 352 g/mol. The van der Waals surface area contributed by atoms with E-state index in [4.69, 9.17) is 0 Å². The van der Waals surface area contributed by atoms with Gasteiger partial charge in [0, 0.05) is 26.0 Å². The summed E-state index contributed by atoms with van der Waals surface area (Å²) in [5.41, 5.74) is 0.274. The molecule has 1 fully saturated rings. The number of halogens is 2. The normalized spacial score (nSPS) is 16.2. The number of aromatic nitrogens is 2. The molecular formula is C17H22ClFN4O. The zero-order valence-electron chi connectivity index (χ0n) is 13.6. The van der Waals surface area contributed by atoms with Crippen molar-refractivity contribution in [3.8, 4) is 0 Å². The van der Waals surface area contributed by atoms with Gasteiger partial charge in [0.15, 0.2) is 0 Å². The first-order chi connectivity index (χ1) is 11.1. The summed E-state index contributed by atoms with van der Waals surface area (Å²) in [5, 5.41) is 7.62. The van der Waals surface area contributed by atoms with Crippen LogP contribution in [0.2, 0.25) is 0 Å². The van der Waals surface area contributed by atoms with Crippen LogP contribution in [0.25, 0.3) is 0 Å². The molecule has 5 nitrogen and oxygen atoms in total. The van der Waals surface area contributed by atoms with E-state index in [0.717, 1.165) is 18.7 Å². The van der Waals surface area contributed by atoms with Crippen LogP contribution in [-0.4, -0.2) is 40.7 Å². The average Bonchev–Trinajstić information content (AvgIpc) is 3.12. The first kappa shape index (κ1) is 18.4. The summed E-state index contributed by atoms with van der Waals surface area (Å²) >= 11 is 0. The summed E-state index contributed by atoms with van der Waals surface area (Å²) in [6, 6.07) is 8.10. The highest BCUT2D eigenvalue weighted by molar-refractivity contribution is 5.85. The second-order valence-corrected chi connectivity index (χ2v) is 6.02. The van der Waals surface area contributed by atoms with Gasteiger partial charge in [-0.1, -0.05) is 12.1 Å². The Morgan fingerprint density at radius 2 is 2.00 bits per heavy atom. The van der Waals surface area contributed by atoms with Gasteiger partial charge in [0.05, 0.1) is 0 Å². The van der Waals surface area contributed by atoms with Gasteiger partial charge in [-0.15, -0.1) is 12.4 Å². The smallest absolute Gasteiger partial charge is 0.250 e. The number of hydrogen-bond donors (Lipinski definition) is 1. The number of hydrogen-bond acceptors (Lipinski definition) is 3. The molecular weight excluding hydrogens is 331 g/mol. The van der Waals surface area contributed by atoms with Crippen molar-refractivity contribution in [2.75, 3.05) is 20.1 Å². The Labute approximate surface area is 147 Å². The molecule has 130 valence electrons. The van der Waals surface area contributed by atoms with Gasteiger partial charge in [-0.25, -0.2) is 4.39 Å². The first-order valence-corrected chi connectivity index (χ1v) is 7.83. The molecule has 1 aliphatic rings. The van der Waals surface area contributed by atoms with Crippen molar-refractivity contribution in [3.63, 3.8) is 0 Å². The van der Waals surface area contributed by atoms with E-state index in [1.54, 1.807) is 35.0 Å². The second-order valence-electron chi connectivity index (χ2n) is 6.02. The Kier molecular flexibility index (Phi) is 5.96. The molecule has 0 bridgehead atoms. The zero-order chi connectivity index (χ0) is 16.3. The van der Waals surface area contributed by atoms with Crippen LogP contribution >= 0.6 is 12.4 Å². The average molecular weight is 353 g/mol. The molecule has 1 aromatic carbocycles. The van der Waals surface area contributed by atoms with Crippen LogP contribution in [0.4, 0.5) is 4.39 Å². The van der Waals surface area contributed by atoms with E-state index in [1.165, 1.54) is 12.1 Å². The lowest BCUT2D eigenvalue weighted by Gasteiger charge is -2.39. The quantitative estimate of drug-likeness (QED) is 0.917. The molecule has 0 spiro atoms. The SMILES string of the molecule is CN(Cc1ccc(F)cc1)C(=O)C1(n2cccn2)CCNCC1.Cl. The molecule has 0 unspecified atom stereocenters. The maximum atomic E-state index is 13.2. The fraction of sp³-hybridized carbons (Fsp3) is 0.412. The van der Waals surface area contributed by atoms with E-state index in [-0.39, 0.29) is 24.1 Å². The molecule has 1 N–H and O–H groups in total. The van der Waals surface area contributed by atoms with Crippen molar-refractivity contribution >= 4 is 18.3 Å². The van der Waals surface area contributed by atoms with Crippen LogP contribution in [-0.2, 0) is 16.9 Å². The summed E-state index contributed by atoms with van der Waals surface area (Å²) in [4.78, 5) is 14.9. The van der Waals surface area contributed by atoms with Crippen LogP contribution in [0.15, 0.2) is 42.7 Å². The summed E-state index contributed by atoms with van der Waals surface area (Å²) in [7, 11) is 1.79.